The molecule has 5 heteroatoms. The van der Waals surface area contributed by atoms with Crippen LogP contribution >= 0.6 is 11.6 Å². The summed E-state index contributed by atoms with van der Waals surface area (Å²) in [6.07, 6.45) is 15.7. The summed E-state index contributed by atoms with van der Waals surface area (Å²) in [4.78, 5) is 12.6. The summed E-state index contributed by atoms with van der Waals surface area (Å²) in [5.74, 6) is -0.264. The molecule has 0 aliphatic heterocycles. The summed E-state index contributed by atoms with van der Waals surface area (Å²) in [5, 5.41) is 16.3. The summed E-state index contributed by atoms with van der Waals surface area (Å²) < 4.78 is 0. The fourth-order valence-corrected chi connectivity index (χ4v) is 4.02. The molecular weight excluding hydrogens is 382 g/mol. The smallest absolute Gasteiger partial charge is 0.263 e. The summed E-state index contributed by atoms with van der Waals surface area (Å²) >= 11 is 5.99. The van der Waals surface area contributed by atoms with E-state index in [9.17, 15) is 10.1 Å². The Hall–Kier alpha value is -1.99. The first-order chi connectivity index (χ1) is 14.2. The van der Waals surface area contributed by atoms with Crippen molar-refractivity contribution in [2.75, 3.05) is 6.54 Å². The molecule has 0 atom stereocenters. The molecule has 0 bridgehead atoms. The van der Waals surface area contributed by atoms with Crippen molar-refractivity contribution in [3.05, 3.63) is 46.6 Å². The minimum atomic E-state index is -0.264. The van der Waals surface area contributed by atoms with Crippen LogP contribution in [0.25, 0.3) is 0 Å². The van der Waals surface area contributed by atoms with Gasteiger partial charge in [-0.2, -0.15) is 5.26 Å². The Morgan fingerprint density at radius 2 is 1.69 bits per heavy atom. The SMILES string of the molecule is N#C/C(=C/NCCc1cccc(Cl)c1)C(=O)NC1CCCCCCCCCCC1. The van der Waals surface area contributed by atoms with Gasteiger partial charge in [0.1, 0.15) is 11.6 Å². The lowest BCUT2D eigenvalue weighted by Gasteiger charge is -2.19. The molecule has 0 spiro atoms. The molecule has 1 fully saturated rings. The largest absolute Gasteiger partial charge is 0.389 e. The number of rotatable bonds is 6. The highest BCUT2D eigenvalue weighted by molar-refractivity contribution is 6.30. The average molecular weight is 416 g/mol. The Balaban J connectivity index is 1.80. The summed E-state index contributed by atoms with van der Waals surface area (Å²) in [6, 6.07) is 9.91. The monoisotopic (exact) mass is 415 g/mol. The van der Waals surface area contributed by atoms with Crippen molar-refractivity contribution >= 4 is 17.5 Å². The van der Waals surface area contributed by atoms with Crippen LogP contribution in [0.2, 0.25) is 5.02 Å². The molecule has 1 aromatic carbocycles. The second kappa shape index (κ2) is 14.1. The van der Waals surface area contributed by atoms with Crippen molar-refractivity contribution in [2.45, 2.75) is 83.1 Å². The van der Waals surface area contributed by atoms with E-state index in [4.69, 9.17) is 11.6 Å². The van der Waals surface area contributed by atoms with E-state index in [0.29, 0.717) is 11.6 Å². The van der Waals surface area contributed by atoms with E-state index in [-0.39, 0.29) is 17.5 Å². The molecule has 0 radical (unpaired) electrons. The normalized spacial score (nSPS) is 17.4. The van der Waals surface area contributed by atoms with Gasteiger partial charge in [-0.25, -0.2) is 0 Å². The number of hydrogen-bond acceptors (Lipinski definition) is 3. The van der Waals surface area contributed by atoms with Crippen LogP contribution in [0, 0.1) is 11.3 Å². The van der Waals surface area contributed by atoms with Crippen LogP contribution < -0.4 is 10.6 Å². The molecule has 1 aliphatic carbocycles. The van der Waals surface area contributed by atoms with Gasteiger partial charge in [0.25, 0.3) is 5.91 Å². The quantitative estimate of drug-likeness (QED) is 0.357. The number of halogens is 1. The van der Waals surface area contributed by atoms with Crippen LogP contribution in [-0.4, -0.2) is 18.5 Å². The molecule has 1 amide bonds. The molecule has 1 aromatic rings. The fourth-order valence-electron chi connectivity index (χ4n) is 3.80. The number of nitrogens with zero attached hydrogens (tertiary/aromatic N) is 1. The number of nitriles is 1. The predicted molar refractivity (Wildman–Crippen MR) is 120 cm³/mol. The van der Waals surface area contributed by atoms with Gasteiger partial charge >= 0.3 is 0 Å². The van der Waals surface area contributed by atoms with E-state index < -0.39 is 0 Å². The van der Waals surface area contributed by atoms with Gasteiger partial charge in [-0.05, 0) is 37.0 Å². The maximum atomic E-state index is 12.6. The second-order valence-electron chi connectivity index (χ2n) is 7.93. The maximum absolute atomic E-state index is 12.6. The van der Waals surface area contributed by atoms with Gasteiger partial charge in [0, 0.05) is 23.8 Å². The highest BCUT2D eigenvalue weighted by Gasteiger charge is 2.15. The van der Waals surface area contributed by atoms with Crippen LogP contribution in [-0.2, 0) is 11.2 Å². The standard InChI is InChI=1S/C24H34ClN3O/c25-22-12-10-11-20(17-22)15-16-27-19-21(18-26)24(29)28-23-13-8-6-4-2-1-3-5-7-9-14-23/h10-12,17,19,23,27H,1-9,13-16H2,(H,28,29)/b21-19-. The lowest BCUT2D eigenvalue weighted by atomic mass is 9.98. The van der Waals surface area contributed by atoms with Gasteiger partial charge in [-0.15, -0.1) is 0 Å². The Kier molecular flexibility index (Phi) is 11.3. The number of amides is 1. The molecule has 2 rings (SSSR count). The zero-order valence-corrected chi connectivity index (χ0v) is 18.1. The third-order valence-corrected chi connectivity index (χ3v) is 5.73. The van der Waals surface area contributed by atoms with E-state index in [1.807, 2.05) is 30.3 Å². The minimum absolute atomic E-state index is 0.141. The van der Waals surface area contributed by atoms with Crippen LogP contribution in [0.15, 0.2) is 36.0 Å². The second-order valence-corrected chi connectivity index (χ2v) is 8.37. The molecule has 0 saturated heterocycles. The van der Waals surface area contributed by atoms with Gasteiger partial charge in [-0.3, -0.25) is 4.79 Å². The summed E-state index contributed by atoms with van der Waals surface area (Å²) in [6.45, 7) is 0.641. The van der Waals surface area contributed by atoms with Crippen LogP contribution in [0.5, 0.6) is 0 Å². The van der Waals surface area contributed by atoms with E-state index in [2.05, 4.69) is 10.6 Å². The van der Waals surface area contributed by atoms with Crippen LogP contribution in [0.1, 0.15) is 76.2 Å². The first-order valence-electron chi connectivity index (χ1n) is 11.1. The van der Waals surface area contributed by atoms with Crippen molar-refractivity contribution < 1.29 is 4.79 Å². The van der Waals surface area contributed by atoms with Gasteiger partial charge in [-0.1, -0.05) is 81.5 Å². The molecular formula is C24H34ClN3O. The van der Waals surface area contributed by atoms with Crippen molar-refractivity contribution in [2.24, 2.45) is 0 Å². The number of carbonyl (C=O) groups is 1. The molecule has 0 unspecified atom stereocenters. The van der Waals surface area contributed by atoms with Crippen molar-refractivity contribution in [3.8, 4) is 6.07 Å². The highest BCUT2D eigenvalue weighted by atomic mass is 35.5. The van der Waals surface area contributed by atoms with Crippen LogP contribution in [0.4, 0.5) is 0 Å². The van der Waals surface area contributed by atoms with Gasteiger partial charge in [0.15, 0.2) is 0 Å². The molecule has 1 saturated carbocycles. The molecule has 158 valence electrons. The highest BCUT2D eigenvalue weighted by Crippen LogP contribution is 2.17. The third kappa shape index (κ3) is 9.85. The fraction of sp³-hybridized carbons (Fsp3) is 0.583. The first-order valence-corrected chi connectivity index (χ1v) is 11.5. The number of nitrogens with one attached hydrogen (secondary N) is 2. The molecule has 0 heterocycles. The Labute approximate surface area is 180 Å². The third-order valence-electron chi connectivity index (χ3n) is 5.50. The zero-order chi connectivity index (χ0) is 20.7. The molecule has 4 nitrogen and oxygen atoms in total. The number of benzene rings is 1. The van der Waals surface area contributed by atoms with Crippen molar-refractivity contribution in [1.29, 1.82) is 5.26 Å². The molecule has 1 aliphatic rings. The number of carbonyl (C=O) groups excluding carboxylic acids is 1. The van der Waals surface area contributed by atoms with E-state index in [0.717, 1.165) is 37.7 Å². The van der Waals surface area contributed by atoms with Crippen molar-refractivity contribution in [3.63, 3.8) is 0 Å². The molecule has 2 N–H and O–H groups in total. The first kappa shape index (κ1) is 23.3. The number of hydrogen-bond donors (Lipinski definition) is 2. The Morgan fingerprint density at radius 1 is 1.07 bits per heavy atom. The van der Waals surface area contributed by atoms with E-state index in [1.54, 1.807) is 0 Å². The maximum Gasteiger partial charge on any atom is 0.263 e. The minimum Gasteiger partial charge on any atom is -0.389 e. The van der Waals surface area contributed by atoms with E-state index >= 15 is 0 Å². The molecule has 29 heavy (non-hydrogen) atoms. The van der Waals surface area contributed by atoms with Gasteiger partial charge in [0.2, 0.25) is 0 Å². The Bertz CT molecular complexity index is 684. The zero-order valence-electron chi connectivity index (χ0n) is 17.4. The average Bonchev–Trinajstić information content (AvgIpc) is 2.70. The van der Waals surface area contributed by atoms with E-state index in [1.165, 1.54) is 51.1 Å². The predicted octanol–water partition coefficient (Wildman–Crippen LogP) is 5.67. The summed E-state index contributed by atoms with van der Waals surface area (Å²) in [5.41, 5.74) is 1.26. The molecule has 0 aromatic heterocycles. The lowest BCUT2D eigenvalue weighted by molar-refractivity contribution is -0.117. The topological polar surface area (TPSA) is 64.9 Å². The summed E-state index contributed by atoms with van der Waals surface area (Å²) in [7, 11) is 0. The van der Waals surface area contributed by atoms with Gasteiger partial charge in [0.05, 0.1) is 0 Å². The lowest BCUT2D eigenvalue weighted by Crippen LogP contribution is -2.36. The Morgan fingerprint density at radius 3 is 2.28 bits per heavy atom. The van der Waals surface area contributed by atoms with Crippen LogP contribution in [0.3, 0.4) is 0 Å². The van der Waals surface area contributed by atoms with Crippen molar-refractivity contribution in [1.82, 2.24) is 10.6 Å². The van der Waals surface area contributed by atoms with Gasteiger partial charge < -0.3 is 10.6 Å².